The molecule has 0 saturated heterocycles. The first-order chi connectivity index (χ1) is 13.2. The lowest BCUT2D eigenvalue weighted by Crippen LogP contribution is -2.42. The van der Waals surface area contributed by atoms with Crippen molar-refractivity contribution in [1.82, 2.24) is 10.3 Å². The number of ether oxygens (including phenoxy) is 1. The van der Waals surface area contributed by atoms with Gasteiger partial charge in [0.05, 0.1) is 16.8 Å². The summed E-state index contributed by atoms with van der Waals surface area (Å²) in [4.78, 5) is 29.4. The molecule has 28 heavy (non-hydrogen) atoms. The number of pyridine rings is 1. The van der Waals surface area contributed by atoms with Crippen LogP contribution in [-0.4, -0.2) is 29.0 Å². The summed E-state index contributed by atoms with van der Waals surface area (Å²) in [6.45, 7) is 5.27. The number of amides is 1. The van der Waals surface area contributed by atoms with E-state index in [9.17, 15) is 9.59 Å². The normalized spacial score (nSPS) is 11.3. The standard InChI is InChI=1S/C22H21BrN2O3/c1-22(2,3)25-20(26)13-28-21(27)17-12-19(14-8-10-15(23)11-9-14)24-18-7-5-4-6-16(17)18/h4-12H,13H2,1-3H3,(H,25,26). The number of para-hydroxylation sites is 1. The molecule has 0 aliphatic rings. The van der Waals surface area contributed by atoms with E-state index in [2.05, 4.69) is 26.2 Å². The van der Waals surface area contributed by atoms with E-state index in [1.807, 2.05) is 69.3 Å². The Kier molecular flexibility index (Phi) is 5.79. The average molecular weight is 441 g/mol. The molecule has 0 radical (unpaired) electrons. The number of carbonyl (C=O) groups is 2. The number of nitrogens with one attached hydrogen (secondary N) is 1. The fourth-order valence-electron chi connectivity index (χ4n) is 2.78. The van der Waals surface area contributed by atoms with Gasteiger partial charge in [-0.15, -0.1) is 0 Å². The molecule has 6 heteroatoms. The first kappa shape index (κ1) is 20.0. The summed E-state index contributed by atoms with van der Waals surface area (Å²) >= 11 is 3.42. The number of benzene rings is 2. The zero-order valence-corrected chi connectivity index (χ0v) is 17.5. The molecule has 0 aliphatic heterocycles. The maximum atomic E-state index is 12.7. The number of hydrogen-bond acceptors (Lipinski definition) is 4. The highest BCUT2D eigenvalue weighted by molar-refractivity contribution is 9.10. The summed E-state index contributed by atoms with van der Waals surface area (Å²) in [5.74, 6) is -0.895. The highest BCUT2D eigenvalue weighted by Crippen LogP contribution is 2.26. The maximum Gasteiger partial charge on any atom is 0.339 e. The summed E-state index contributed by atoms with van der Waals surface area (Å²) in [6, 6.07) is 16.8. The molecular formula is C22H21BrN2O3. The fraction of sp³-hybridized carbons (Fsp3) is 0.227. The van der Waals surface area contributed by atoms with Crippen molar-refractivity contribution in [2.24, 2.45) is 0 Å². The van der Waals surface area contributed by atoms with E-state index >= 15 is 0 Å². The Morgan fingerprint density at radius 2 is 1.75 bits per heavy atom. The van der Waals surface area contributed by atoms with Crippen LogP contribution in [0.5, 0.6) is 0 Å². The number of rotatable bonds is 4. The molecular weight excluding hydrogens is 420 g/mol. The van der Waals surface area contributed by atoms with E-state index < -0.39 is 5.97 Å². The summed E-state index contributed by atoms with van der Waals surface area (Å²) < 4.78 is 6.23. The van der Waals surface area contributed by atoms with Crippen molar-refractivity contribution >= 4 is 38.7 Å². The average Bonchev–Trinajstić information content (AvgIpc) is 2.64. The molecule has 3 aromatic rings. The molecule has 1 amide bonds. The summed E-state index contributed by atoms with van der Waals surface area (Å²) in [5.41, 5.74) is 2.23. The quantitative estimate of drug-likeness (QED) is 0.595. The van der Waals surface area contributed by atoms with Gasteiger partial charge in [0.2, 0.25) is 0 Å². The monoisotopic (exact) mass is 440 g/mol. The van der Waals surface area contributed by atoms with E-state index in [0.717, 1.165) is 10.0 Å². The van der Waals surface area contributed by atoms with Crippen molar-refractivity contribution in [1.29, 1.82) is 0 Å². The Morgan fingerprint density at radius 1 is 1.07 bits per heavy atom. The lowest BCUT2D eigenvalue weighted by Gasteiger charge is -2.20. The van der Waals surface area contributed by atoms with E-state index in [1.165, 1.54) is 0 Å². The molecule has 2 aromatic carbocycles. The number of fused-ring (bicyclic) bond motifs is 1. The van der Waals surface area contributed by atoms with Crippen LogP contribution in [0.2, 0.25) is 0 Å². The van der Waals surface area contributed by atoms with Gasteiger partial charge in [-0.1, -0.05) is 46.3 Å². The maximum absolute atomic E-state index is 12.7. The van der Waals surface area contributed by atoms with Crippen LogP contribution in [0.15, 0.2) is 59.1 Å². The number of aromatic nitrogens is 1. The largest absolute Gasteiger partial charge is 0.452 e. The second-order valence-corrected chi connectivity index (χ2v) is 8.37. The topological polar surface area (TPSA) is 68.3 Å². The number of carbonyl (C=O) groups excluding carboxylic acids is 2. The molecule has 0 saturated carbocycles. The molecule has 0 atom stereocenters. The minimum Gasteiger partial charge on any atom is -0.452 e. The third kappa shape index (κ3) is 4.95. The Balaban J connectivity index is 1.91. The van der Waals surface area contributed by atoms with Crippen LogP contribution in [0.3, 0.4) is 0 Å². The van der Waals surface area contributed by atoms with Gasteiger partial charge in [0.25, 0.3) is 5.91 Å². The molecule has 0 fully saturated rings. The Morgan fingerprint density at radius 3 is 2.43 bits per heavy atom. The van der Waals surface area contributed by atoms with Gasteiger partial charge in [-0.2, -0.15) is 0 Å². The van der Waals surface area contributed by atoms with Crippen LogP contribution < -0.4 is 5.32 Å². The van der Waals surface area contributed by atoms with Crippen molar-refractivity contribution in [2.45, 2.75) is 26.3 Å². The minimum absolute atomic E-state index is 0.333. The van der Waals surface area contributed by atoms with Gasteiger partial charge in [0.15, 0.2) is 6.61 Å². The van der Waals surface area contributed by atoms with E-state index in [4.69, 9.17) is 4.74 Å². The molecule has 144 valence electrons. The van der Waals surface area contributed by atoms with Crippen molar-refractivity contribution in [3.8, 4) is 11.3 Å². The fourth-order valence-corrected chi connectivity index (χ4v) is 3.04. The number of halogens is 1. The van der Waals surface area contributed by atoms with Crippen molar-refractivity contribution in [2.75, 3.05) is 6.61 Å². The van der Waals surface area contributed by atoms with Crippen LogP contribution in [0.1, 0.15) is 31.1 Å². The predicted octanol–water partition coefficient (Wildman–Crippen LogP) is 4.74. The second-order valence-electron chi connectivity index (χ2n) is 7.45. The zero-order chi connectivity index (χ0) is 20.3. The molecule has 3 rings (SSSR count). The van der Waals surface area contributed by atoms with Crippen LogP contribution in [0.25, 0.3) is 22.2 Å². The molecule has 0 unspecified atom stereocenters. The summed E-state index contributed by atoms with van der Waals surface area (Å²) in [5, 5.41) is 3.46. The van der Waals surface area contributed by atoms with Crippen LogP contribution in [-0.2, 0) is 9.53 Å². The van der Waals surface area contributed by atoms with Gasteiger partial charge in [0, 0.05) is 21.0 Å². The van der Waals surface area contributed by atoms with Crippen LogP contribution >= 0.6 is 15.9 Å². The van der Waals surface area contributed by atoms with Gasteiger partial charge in [-0.05, 0) is 45.0 Å². The van der Waals surface area contributed by atoms with Crippen LogP contribution in [0, 0.1) is 0 Å². The van der Waals surface area contributed by atoms with E-state index in [0.29, 0.717) is 22.2 Å². The van der Waals surface area contributed by atoms with Gasteiger partial charge in [-0.3, -0.25) is 4.79 Å². The number of nitrogens with zero attached hydrogens (tertiary/aromatic N) is 1. The molecule has 1 heterocycles. The smallest absolute Gasteiger partial charge is 0.339 e. The molecule has 1 aromatic heterocycles. The van der Waals surface area contributed by atoms with E-state index in [1.54, 1.807) is 6.07 Å². The minimum atomic E-state index is -0.555. The first-order valence-electron chi connectivity index (χ1n) is 8.87. The van der Waals surface area contributed by atoms with Gasteiger partial charge in [-0.25, -0.2) is 9.78 Å². The Hall–Kier alpha value is -2.73. The predicted molar refractivity (Wildman–Crippen MR) is 113 cm³/mol. The third-order valence-electron chi connectivity index (χ3n) is 3.92. The molecule has 0 spiro atoms. The third-order valence-corrected chi connectivity index (χ3v) is 4.45. The lowest BCUT2D eigenvalue weighted by molar-refractivity contribution is -0.125. The van der Waals surface area contributed by atoms with E-state index in [-0.39, 0.29) is 18.1 Å². The van der Waals surface area contributed by atoms with Gasteiger partial charge in [0.1, 0.15) is 0 Å². The highest BCUT2D eigenvalue weighted by atomic mass is 79.9. The Labute approximate surface area is 172 Å². The first-order valence-corrected chi connectivity index (χ1v) is 9.66. The van der Waals surface area contributed by atoms with Gasteiger partial charge < -0.3 is 10.1 Å². The molecule has 0 bridgehead atoms. The number of esters is 1. The second kappa shape index (κ2) is 8.10. The SMILES string of the molecule is CC(C)(C)NC(=O)COC(=O)c1cc(-c2ccc(Br)cc2)nc2ccccc12. The zero-order valence-electron chi connectivity index (χ0n) is 16.0. The lowest BCUT2D eigenvalue weighted by atomic mass is 10.0. The van der Waals surface area contributed by atoms with Crippen molar-refractivity contribution in [3.05, 3.63) is 64.6 Å². The highest BCUT2D eigenvalue weighted by Gasteiger charge is 2.18. The molecule has 5 nitrogen and oxygen atoms in total. The van der Waals surface area contributed by atoms with Crippen molar-refractivity contribution < 1.29 is 14.3 Å². The summed E-state index contributed by atoms with van der Waals surface area (Å²) in [7, 11) is 0. The Bertz CT molecular complexity index is 1020. The number of hydrogen-bond donors (Lipinski definition) is 1. The molecule has 0 aliphatic carbocycles. The summed E-state index contributed by atoms with van der Waals surface area (Å²) in [6.07, 6.45) is 0. The van der Waals surface area contributed by atoms with Gasteiger partial charge >= 0.3 is 5.97 Å². The van der Waals surface area contributed by atoms with Crippen molar-refractivity contribution in [3.63, 3.8) is 0 Å². The van der Waals surface area contributed by atoms with Crippen LogP contribution in [0.4, 0.5) is 0 Å². The molecule has 1 N–H and O–H groups in total.